The number of aromatic hydroxyl groups is 1. The van der Waals surface area contributed by atoms with Crippen LogP contribution in [0.5, 0.6) is 11.5 Å². The number of rotatable bonds is 7. The lowest BCUT2D eigenvalue weighted by Crippen LogP contribution is -2.69. The molecule has 2 bridgehead atoms. The van der Waals surface area contributed by atoms with Crippen LogP contribution in [0.3, 0.4) is 0 Å². The molecule has 216 valence electrons. The van der Waals surface area contributed by atoms with E-state index < -0.39 is 35.2 Å². The van der Waals surface area contributed by atoms with Crippen molar-refractivity contribution in [2.24, 2.45) is 0 Å². The van der Waals surface area contributed by atoms with Crippen molar-refractivity contribution in [1.82, 2.24) is 15.5 Å². The van der Waals surface area contributed by atoms with E-state index in [9.17, 15) is 24.6 Å². The van der Waals surface area contributed by atoms with Gasteiger partial charge in [0.15, 0.2) is 23.7 Å². The molecule has 40 heavy (non-hydrogen) atoms. The van der Waals surface area contributed by atoms with Gasteiger partial charge in [-0.2, -0.15) is 0 Å². The van der Waals surface area contributed by atoms with Gasteiger partial charge in [-0.15, -0.1) is 0 Å². The minimum atomic E-state index is -1.19. The number of carbonyl (C=O) groups is 3. The number of esters is 2. The van der Waals surface area contributed by atoms with E-state index in [2.05, 4.69) is 15.5 Å². The summed E-state index contributed by atoms with van der Waals surface area (Å²) in [7, 11) is 2.02. The van der Waals surface area contributed by atoms with E-state index in [1.807, 2.05) is 13.1 Å². The maximum atomic E-state index is 13.1. The van der Waals surface area contributed by atoms with E-state index in [1.165, 1.54) is 6.92 Å². The minimum absolute atomic E-state index is 0.00953. The van der Waals surface area contributed by atoms with Crippen LogP contribution < -0.4 is 15.4 Å². The number of amides is 1. The maximum absolute atomic E-state index is 13.1. The Bertz CT molecular complexity index is 1260. The number of benzene rings is 1. The minimum Gasteiger partial charge on any atom is -0.504 e. The molecule has 2 fully saturated rings. The second-order valence-electron chi connectivity index (χ2n) is 11.7. The summed E-state index contributed by atoms with van der Waals surface area (Å²) in [6, 6.07) is 3.11. The summed E-state index contributed by atoms with van der Waals surface area (Å²) in [6.45, 7) is 3.15. The number of nitrogens with zero attached hydrogens (tertiary/aromatic N) is 1. The predicted molar refractivity (Wildman–Crippen MR) is 142 cm³/mol. The fourth-order valence-electron chi connectivity index (χ4n) is 7.51. The van der Waals surface area contributed by atoms with E-state index in [0.29, 0.717) is 18.6 Å². The number of aliphatic hydroxyl groups is 1. The highest BCUT2D eigenvalue weighted by molar-refractivity contribution is 5.83. The molecule has 0 radical (unpaired) electrons. The highest BCUT2D eigenvalue weighted by atomic mass is 16.6. The van der Waals surface area contributed by atoms with Gasteiger partial charge in [0.1, 0.15) is 5.76 Å². The molecule has 11 nitrogen and oxygen atoms in total. The maximum Gasteiger partial charge on any atom is 0.352 e. The highest BCUT2D eigenvalue weighted by Crippen LogP contribution is 2.64. The zero-order chi connectivity index (χ0) is 28.2. The summed E-state index contributed by atoms with van der Waals surface area (Å²) in [5.41, 5.74) is -0.241. The summed E-state index contributed by atoms with van der Waals surface area (Å²) >= 11 is 0. The normalized spacial score (nSPS) is 32.7. The van der Waals surface area contributed by atoms with Crippen molar-refractivity contribution in [3.63, 3.8) is 0 Å². The molecular formula is C29H37N3O8. The Kier molecular flexibility index (Phi) is 6.79. The van der Waals surface area contributed by atoms with Gasteiger partial charge in [-0.05, 0) is 76.9 Å². The molecule has 0 saturated carbocycles. The molecule has 3 heterocycles. The molecule has 5 aliphatic rings. The first kappa shape index (κ1) is 27.0. The molecule has 1 aromatic carbocycles. The first-order chi connectivity index (χ1) is 19.2. The number of carbonyl (C=O) groups excluding carboxylic acids is 3. The van der Waals surface area contributed by atoms with E-state index in [1.54, 1.807) is 12.1 Å². The molecule has 0 unspecified atom stereocenters. The molecular weight excluding hydrogens is 518 g/mol. The monoisotopic (exact) mass is 555 g/mol. The Morgan fingerprint density at radius 1 is 1.30 bits per heavy atom. The average Bonchev–Trinajstić information content (AvgIpc) is 3.57. The number of phenolic OH excluding ortho intramolecular Hbond substituents is 1. The van der Waals surface area contributed by atoms with Crippen LogP contribution >= 0.6 is 0 Å². The summed E-state index contributed by atoms with van der Waals surface area (Å²) in [5.74, 6) is -0.964. The summed E-state index contributed by atoms with van der Waals surface area (Å²) < 4.78 is 17.4. The summed E-state index contributed by atoms with van der Waals surface area (Å²) in [4.78, 5) is 39.7. The van der Waals surface area contributed by atoms with Gasteiger partial charge in [0.2, 0.25) is 5.91 Å². The Morgan fingerprint density at radius 3 is 2.90 bits per heavy atom. The second kappa shape index (κ2) is 10.0. The van der Waals surface area contributed by atoms with Gasteiger partial charge in [-0.1, -0.05) is 6.07 Å². The zero-order valence-electron chi connectivity index (χ0n) is 22.9. The number of ether oxygens (including phenoxy) is 3. The third-order valence-electron chi connectivity index (χ3n) is 9.44. The molecule has 11 heteroatoms. The van der Waals surface area contributed by atoms with Crippen molar-refractivity contribution >= 4 is 17.8 Å². The van der Waals surface area contributed by atoms with Crippen LogP contribution in [-0.4, -0.2) is 89.5 Å². The van der Waals surface area contributed by atoms with Crippen molar-refractivity contribution in [2.45, 2.75) is 87.2 Å². The van der Waals surface area contributed by atoms with Crippen LogP contribution in [0.2, 0.25) is 0 Å². The SMILES string of the molecule is C[C@H](OC(=O)CCNC(=O)[C@@H]1CCCN1)C(=O)OC1=CC[C@@]2(O)[C@H]3Cc4ccc(O)c5c4[C@@]2(CCCN3C)[C@H]1O5. The van der Waals surface area contributed by atoms with E-state index in [-0.39, 0.29) is 48.9 Å². The van der Waals surface area contributed by atoms with Crippen molar-refractivity contribution in [3.05, 3.63) is 35.1 Å². The molecule has 6 atom stereocenters. The average molecular weight is 556 g/mol. The van der Waals surface area contributed by atoms with Crippen LogP contribution in [0, 0.1) is 0 Å². The van der Waals surface area contributed by atoms with Gasteiger partial charge in [0.25, 0.3) is 0 Å². The third-order valence-corrected chi connectivity index (χ3v) is 9.44. The Labute approximate surface area is 232 Å². The third kappa shape index (κ3) is 4.09. The molecule has 2 saturated heterocycles. The zero-order valence-corrected chi connectivity index (χ0v) is 22.9. The van der Waals surface area contributed by atoms with Gasteiger partial charge in [0.05, 0.1) is 23.5 Å². The lowest BCUT2D eigenvalue weighted by atomic mass is 9.52. The Hall–Kier alpha value is -3.15. The van der Waals surface area contributed by atoms with Crippen LogP contribution in [0.15, 0.2) is 24.0 Å². The fraction of sp³-hybridized carbons (Fsp3) is 0.621. The Balaban J connectivity index is 1.16. The lowest BCUT2D eigenvalue weighted by molar-refractivity contribution is -0.167. The van der Waals surface area contributed by atoms with Gasteiger partial charge >= 0.3 is 11.9 Å². The quantitative estimate of drug-likeness (QED) is 0.356. The molecule has 1 amide bonds. The van der Waals surface area contributed by atoms with Crippen LogP contribution in [-0.2, 0) is 35.7 Å². The standard InChI is InChI=1S/C29H37N3O8/c1-16(38-22(34)9-13-31-26(35)18-5-3-12-30-18)27(36)39-20-8-11-29(37)21-15-17-6-7-19(33)24-23(17)28(29,25(20)40-24)10-4-14-32(21)2/h6-8,16,18,21,25,30,33,37H,3-5,9-15H2,1-2H3,(H,31,35)/t16-,18-,21+,25-,28-,29+/m0/s1. The number of hydrogen-bond donors (Lipinski definition) is 4. The van der Waals surface area contributed by atoms with Gasteiger partial charge in [-0.25, -0.2) is 4.79 Å². The highest BCUT2D eigenvalue weighted by Gasteiger charge is 2.71. The van der Waals surface area contributed by atoms with Crippen LogP contribution in [0.4, 0.5) is 0 Å². The van der Waals surface area contributed by atoms with E-state index >= 15 is 0 Å². The van der Waals surface area contributed by atoms with Crippen molar-refractivity contribution in [2.75, 3.05) is 26.7 Å². The first-order valence-electron chi connectivity index (χ1n) is 14.2. The smallest absolute Gasteiger partial charge is 0.352 e. The second-order valence-corrected chi connectivity index (χ2v) is 11.7. The van der Waals surface area contributed by atoms with Gasteiger partial charge in [-0.3, -0.25) is 9.59 Å². The molecule has 1 aromatic rings. The van der Waals surface area contributed by atoms with Crippen molar-refractivity contribution < 1.29 is 38.8 Å². The van der Waals surface area contributed by atoms with Crippen LogP contribution in [0.25, 0.3) is 0 Å². The number of hydrogen-bond acceptors (Lipinski definition) is 10. The van der Waals surface area contributed by atoms with E-state index in [0.717, 1.165) is 43.5 Å². The predicted octanol–water partition coefficient (Wildman–Crippen LogP) is 0.793. The van der Waals surface area contributed by atoms with Crippen molar-refractivity contribution in [3.8, 4) is 11.5 Å². The molecule has 4 N–H and O–H groups in total. The van der Waals surface area contributed by atoms with Gasteiger partial charge < -0.3 is 40.0 Å². The molecule has 6 rings (SSSR count). The Morgan fingerprint density at radius 2 is 2.12 bits per heavy atom. The fourth-order valence-corrected chi connectivity index (χ4v) is 7.51. The summed E-state index contributed by atoms with van der Waals surface area (Å²) in [6.07, 6.45) is 3.60. The number of likely N-dealkylation sites (N-methyl/N-ethyl adjacent to an activating group) is 1. The molecule has 3 aliphatic heterocycles. The number of nitrogens with one attached hydrogen (secondary N) is 2. The lowest BCUT2D eigenvalue weighted by Gasteiger charge is -2.56. The topological polar surface area (TPSA) is 147 Å². The largest absolute Gasteiger partial charge is 0.504 e. The number of phenols is 1. The van der Waals surface area contributed by atoms with Crippen molar-refractivity contribution in [1.29, 1.82) is 0 Å². The first-order valence-corrected chi connectivity index (χ1v) is 14.2. The van der Waals surface area contributed by atoms with Gasteiger partial charge in [0, 0.05) is 24.6 Å². The molecule has 1 spiro atoms. The molecule has 2 aliphatic carbocycles. The van der Waals surface area contributed by atoms with Crippen LogP contribution in [0.1, 0.15) is 56.6 Å². The molecule has 0 aromatic heterocycles. The summed E-state index contributed by atoms with van der Waals surface area (Å²) in [5, 5.41) is 28.9. The van der Waals surface area contributed by atoms with E-state index in [4.69, 9.17) is 14.2 Å². The number of likely N-dealkylation sites (tertiary alicyclic amines) is 1.